The van der Waals surface area contributed by atoms with Gasteiger partial charge in [-0.3, -0.25) is 19.5 Å². The second kappa shape index (κ2) is 7.16. The molecule has 15 heteroatoms. The van der Waals surface area contributed by atoms with E-state index < -0.39 is 52.6 Å². The SMILES string of the molecule is O=C1CCN([C@H]2C[C@H](O)[C@@H](COP(=O)(O)OP(=O)(O)O)O2)C(=O)N1. The van der Waals surface area contributed by atoms with Crippen LogP contribution in [0.2, 0.25) is 0 Å². The number of carbonyl (C=O) groups is 2. The number of aliphatic hydroxyl groups excluding tert-OH is 1. The minimum Gasteiger partial charge on any atom is -0.390 e. The number of nitrogens with one attached hydrogen (secondary N) is 1. The Hall–Kier alpha value is -0.880. The quantitative estimate of drug-likeness (QED) is 0.336. The van der Waals surface area contributed by atoms with Gasteiger partial charge in [-0.15, -0.1) is 0 Å². The molecular formula is C9H16N2O11P2. The van der Waals surface area contributed by atoms with Gasteiger partial charge in [-0.1, -0.05) is 0 Å². The van der Waals surface area contributed by atoms with Gasteiger partial charge in [0.05, 0.1) is 12.7 Å². The standard InChI is InChI=1S/C9H16N2O11P2/c12-5-3-8(11-2-1-7(13)10-9(11)14)21-6(5)4-20-24(18,19)22-23(15,16)17/h5-6,8,12H,1-4H2,(H,18,19)(H,10,13,14)(H2,15,16,17)/t5-,6+,8+/m0/s1. The normalized spacial score (nSPS) is 31.0. The lowest BCUT2D eigenvalue weighted by Gasteiger charge is -2.31. The van der Waals surface area contributed by atoms with Crippen molar-refractivity contribution in [1.29, 1.82) is 0 Å². The lowest BCUT2D eigenvalue weighted by atomic mass is 10.2. The fourth-order valence-electron chi connectivity index (χ4n) is 2.23. The van der Waals surface area contributed by atoms with Gasteiger partial charge < -0.3 is 24.5 Å². The van der Waals surface area contributed by atoms with E-state index in [4.69, 9.17) is 19.4 Å². The molecule has 2 rings (SSSR count). The number of phosphoric ester groups is 1. The van der Waals surface area contributed by atoms with Crippen LogP contribution in [-0.2, 0) is 27.5 Å². The summed E-state index contributed by atoms with van der Waals surface area (Å²) in [5, 5.41) is 11.9. The van der Waals surface area contributed by atoms with Gasteiger partial charge in [-0.05, 0) is 0 Å². The van der Waals surface area contributed by atoms with E-state index >= 15 is 0 Å². The Morgan fingerprint density at radius 1 is 1.29 bits per heavy atom. The number of imide groups is 1. The molecule has 5 N–H and O–H groups in total. The third-order valence-corrected chi connectivity index (χ3v) is 5.40. The number of aliphatic hydroxyl groups is 1. The molecule has 138 valence electrons. The van der Waals surface area contributed by atoms with Gasteiger partial charge >= 0.3 is 21.7 Å². The molecule has 24 heavy (non-hydrogen) atoms. The average Bonchev–Trinajstić information content (AvgIpc) is 2.75. The Morgan fingerprint density at radius 2 is 1.96 bits per heavy atom. The van der Waals surface area contributed by atoms with Crippen LogP contribution < -0.4 is 5.32 Å². The van der Waals surface area contributed by atoms with Crippen LogP contribution >= 0.6 is 15.6 Å². The number of hydrogen-bond acceptors (Lipinski definition) is 8. The predicted octanol–water partition coefficient (Wildman–Crippen LogP) is -1.37. The molecule has 2 heterocycles. The lowest BCUT2D eigenvalue weighted by Crippen LogP contribution is -2.53. The second-order valence-electron chi connectivity index (χ2n) is 5.07. The summed E-state index contributed by atoms with van der Waals surface area (Å²) >= 11 is 0. The summed E-state index contributed by atoms with van der Waals surface area (Å²) in [4.78, 5) is 50.1. The summed E-state index contributed by atoms with van der Waals surface area (Å²) in [6.45, 7) is -0.630. The van der Waals surface area contributed by atoms with Crippen molar-refractivity contribution < 1.29 is 52.1 Å². The fourth-order valence-corrected chi connectivity index (χ4v) is 3.83. The van der Waals surface area contributed by atoms with Crippen LogP contribution in [0, 0.1) is 0 Å². The highest BCUT2D eigenvalue weighted by Gasteiger charge is 2.42. The molecule has 2 fully saturated rings. The topological polar surface area (TPSA) is 192 Å². The number of amides is 3. The first-order valence-corrected chi connectivity index (χ1v) is 9.67. The number of hydrogen-bond donors (Lipinski definition) is 5. The van der Waals surface area contributed by atoms with E-state index in [-0.39, 0.29) is 19.4 Å². The Labute approximate surface area is 135 Å². The van der Waals surface area contributed by atoms with Crippen molar-refractivity contribution in [2.45, 2.75) is 31.3 Å². The monoisotopic (exact) mass is 390 g/mol. The fraction of sp³-hybridized carbons (Fsp3) is 0.778. The molecule has 2 saturated heterocycles. The van der Waals surface area contributed by atoms with Crippen LogP contribution in [0.5, 0.6) is 0 Å². The van der Waals surface area contributed by atoms with Crippen molar-refractivity contribution in [3.8, 4) is 0 Å². The van der Waals surface area contributed by atoms with E-state index in [1.54, 1.807) is 0 Å². The molecular weight excluding hydrogens is 374 g/mol. The minimum atomic E-state index is -5.25. The Bertz CT molecular complexity index is 606. The number of ether oxygens (including phenoxy) is 1. The van der Waals surface area contributed by atoms with E-state index in [0.717, 1.165) is 0 Å². The third kappa shape index (κ3) is 5.31. The maximum absolute atomic E-state index is 11.7. The summed E-state index contributed by atoms with van der Waals surface area (Å²) in [7, 11) is -10.3. The molecule has 3 amide bonds. The summed E-state index contributed by atoms with van der Waals surface area (Å²) in [5.41, 5.74) is 0. The van der Waals surface area contributed by atoms with Crippen molar-refractivity contribution in [3.63, 3.8) is 0 Å². The molecule has 0 aromatic heterocycles. The molecule has 2 aliphatic rings. The van der Waals surface area contributed by atoms with Crippen molar-refractivity contribution in [2.75, 3.05) is 13.2 Å². The van der Waals surface area contributed by atoms with E-state index in [1.807, 2.05) is 0 Å². The highest BCUT2D eigenvalue weighted by molar-refractivity contribution is 7.60. The minimum absolute atomic E-state index is 0.0370. The number of urea groups is 1. The van der Waals surface area contributed by atoms with Crippen LogP contribution in [0.3, 0.4) is 0 Å². The molecule has 0 aromatic rings. The summed E-state index contributed by atoms with van der Waals surface area (Å²) in [6, 6.07) is -0.692. The molecule has 0 saturated carbocycles. The molecule has 0 spiro atoms. The zero-order valence-electron chi connectivity index (χ0n) is 12.0. The molecule has 0 aliphatic carbocycles. The van der Waals surface area contributed by atoms with Gasteiger partial charge in [0.15, 0.2) is 0 Å². The molecule has 0 bridgehead atoms. The first-order valence-electron chi connectivity index (χ1n) is 6.65. The van der Waals surface area contributed by atoms with Gasteiger partial charge in [0.1, 0.15) is 12.3 Å². The van der Waals surface area contributed by atoms with Gasteiger partial charge in [0.2, 0.25) is 5.91 Å². The summed E-state index contributed by atoms with van der Waals surface area (Å²) in [6.07, 6.45) is -3.17. The Kier molecular flexibility index (Phi) is 5.80. The average molecular weight is 390 g/mol. The Morgan fingerprint density at radius 3 is 2.54 bits per heavy atom. The maximum atomic E-state index is 11.7. The van der Waals surface area contributed by atoms with E-state index in [1.165, 1.54) is 4.90 Å². The van der Waals surface area contributed by atoms with Crippen LogP contribution in [0.1, 0.15) is 12.8 Å². The summed E-state index contributed by atoms with van der Waals surface area (Å²) in [5.74, 6) is -0.439. The van der Waals surface area contributed by atoms with Gasteiger partial charge in [-0.2, -0.15) is 4.31 Å². The van der Waals surface area contributed by atoms with Crippen LogP contribution in [0.15, 0.2) is 0 Å². The van der Waals surface area contributed by atoms with Gasteiger partial charge in [-0.25, -0.2) is 13.9 Å². The van der Waals surface area contributed by atoms with Crippen molar-refractivity contribution in [2.24, 2.45) is 0 Å². The Balaban J connectivity index is 1.90. The smallest absolute Gasteiger partial charge is 0.390 e. The first-order chi connectivity index (χ1) is 11.0. The van der Waals surface area contributed by atoms with Crippen LogP contribution in [0.25, 0.3) is 0 Å². The zero-order valence-corrected chi connectivity index (χ0v) is 13.8. The second-order valence-corrected chi connectivity index (χ2v) is 7.90. The molecule has 13 nitrogen and oxygen atoms in total. The lowest BCUT2D eigenvalue weighted by molar-refractivity contribution is -0.123. The van der Waals surface area contributed by atoms with Crippen LogP contribution in [-0.4, -0.2) is 68.2 Å². The zero-order chi connectivity index (χ0) is 18.1. The number of carbonyl (C=O) groups excluding carboxylic acids is 2. The molecule has 2 aliphatic heterocycles. The van der Waals surface area contributed by atoms with Gasteiger partial charge in [0.25, 0.3) is 0 Å². The van der Waals surface area contributed by atoms with E-state index in [0.29, 0.717) is 0 Å². The molecule has 1 unspecified atom stereocenters. The highest BCUT2D eigenvalue weighted by Crippen LogP contribution is 2.57. The summed E-state index contributed by atoms with van der Waals surface area (Å²) < 4.78 is 35.2. The van der Waals surface area contributed by atoms with E-state index in [2.05, 4.69) is 14.2 Å². The van der Waals surface area contributed by atoms with Crippen molar-refractivity contribution in [1.82, 2.24) is 10.2 Å². The van der Waals surface area contributed by atoms with Gasteiger partial charge in [0, 0.05) is 19.4 Å². The van der Waals surface area contributed by atoms with Crippen LogP contribution in [0.4, 0.5) is 4.79 Å². The number of phosphoric acid groups is 2. The van der Waals surface area contributed by atoms with Crippen molar-refractivity contribution in [3.05, 3.63) is 0 Å². The first kappa shape index (κ1) is 19.4. The molecule has 0 radical (unpaired) electrons. The predicted molar refractivity (Wildman–Crippen MR) is 73.1 cm³/mol. The van der Waals surface area contributed by atoms with E-state index in [9.17, 15) is 23.8 Å². The number of nitrogens with zero attached hydrogens (tertiary/aromatic N) is 1. The van der Waals surface area contributed by atoms with Crippen molar-refractivity contribution >= 4 is 27.6 Å². The maximum Gasteiger partial charge on any atom is 0.481 e. The number of rotatable bonds is 6. The molecule has 4 atom stereocenters. The largest absolute Gasteiger partial charge is 0.481 e. The molecule has 0 aromatic carbocycles. The highest BCUT2D eigenvalue weighted by atomic mass is 31.3. The third-order valence-electron chi connectivity index (χ3n) is 3.25.